The summed E-state index contributed by atoms with van der Waals surface area (Å²) in [7, 11) is 1.59. The third-order valence-corrected chi connectivity index (χ3v) is 3.15. The van der Waals surface area contributed by atoms with E-state index in [9.17, 15) is 5.11 Å². The van der Waals surface area contributed by atoms with Gasteiger partial charge < -0.3 is 14.7 Å². The number of hydrogen-bond acceptors (Lipinski definition) is 5. The number of aliphatic hydroxyl groups is 1. The number of ether oxygens (including phenoxy) is 1. The van der Waals surface area contributed by atoms with Crippen LogP contribution in [0.1, 0.15) is 26.7 Å². The molecule has 0 saturated carbocycles. The Bertz CT molecular complexity index is 390. The molecule has 1 aliphatic heterocycles. The molecule has 1 fully saturated rings. The van der Waals surface area contributed by atoms with E-state index in [0.717, 1.165) is 19.4 Å². The van der Waals surface area contributed by atoms with E-state index in [4.69, 9.17) is 4.74 Å². The van der Waals surface area contributed by atoms with Crippen LogP contribution in [0.3, 0.4) is 0 Å². The minimum atomic E-state index is -0.747. The number of aromatic nitrogens is 2. The van der Waals surface area contributed by atoms with Crippen LogP contribution >= 0.6 is 0 Å². The average molecular weight is 237 g/mol. The number of rotatable bonds is 3. The van der Waals surface area contributed by atoms with Crippen LogP contribution in [-0.4, -0.2) is 40.4 Å². The van der Waals surface area contributed by atoms with Crippen LogP contribution in [0.2, 0.25) is 0 Å². The van der Waals surface area contributed by atoms with Gasteiger partial charge in [-0.25, -0.2) is 4.98 Å². The average Bonchev–Trinajstić information content (AvgIpc) is 2.77. The molecule has 5 nitrogen and oxygen atoms in total. The van der Waals surface area contributed by atoms with E-state index in [0.29, 0.717) is 11.8 Å². The first-order chi connectivity index (χ1) is 8.02. The first-order valence-corrected chi connectivity index (χ1v) is 5.88. The predicted molar refractivity (Wildman–Crippen MR) is 65.2 cm³/mol. The van der Waals surface area contributed by atoms with Crippen molar-refractivity contribution in [1.82, 2.24) is 9.97 Å². The van der Waals surface area contributed by atoms with E-state index in [1.807, 2.05) is 13.8 Å². The van der Waals surface area contributed by atoms with Gasteiger partial charge in [-0.05, 0) is 26.7 Å². The van der Waals surface area contributed by atoms with Crippen LogP contribution in [0, 0.1) is 0 Å². The van der Waals surface area contributed by atoms with Crippen LogP contribution in [-0.2, 0) is 0 Å². The summed E-state index contributed by atoms with van der Waals surface area (Å²) in [6.07, 6.45) is 3.69. The molecule has 0 unspecified atom stereocenters. The lowest BCUT2D eigenvalue weighted by Gasteiger charge is -2.33. The third kappa shape index (κ3) is 2.49. The van der Waals surface area contributed by atoms with Crippen molar-refractivity contribution in [2.45, 2.75) is 38.3 Å². The molecule has 0 bridgehead atoms. The summed E-state index contributed by atoms with van der Waals surface area (Å²) in [5, 5.41) is 10.1. The molecule has 5 heteroatoms. The molecule has 1 aromatic rings. The standard InChI is InChI=1S/C12H19N3O2/c1-12(2,16)9-5-4-8-15(9)11-13-7-6-10(14-11)17-3/h6-7,9,16H,4-5,8H2,1-3H3/t9-/m1/s1. The summed E-state index contributed by atoms with van der Waals surface area (Å²) in [4.78, 5) is 10.6. The van der Waals surface area contributed by atoms with Crippen molar-refractivity contribution < 1.29 is 9.84 Å². The molecular weight excluding hydrogens is 218 g/mol. The zero-order chi connectivity index (χ0) is 12.5. The Labute approximate surface area is 101 Å². The lowest BCUT2D eigenvalue weighted by atomic mass is 9.97. The molecule has 94 valence electrons. The second-order valence-electron chi connectivity index (χ2n) is 4.90. The second-order valence-corrected chi connectivity index (χ2v) is 4.90. The summed E-state index contributed by atoms with van der Waals surface area (Å²) < 4.78 is 5.09. The molecule has 0 radical (unpaired) electrons. The van der Waals surface area contributed by atoms with Gasteiger partial charge in [0.15, 0.2) is 0 Å². The Hall–Kier alpha value is -1.36. The highest BCUT2D eigenvalue weighted by molar-refractivity contribution is 5.36. The summed E-state index contributed by atoms with van der Waals surface area (Å²) >= 11 is 0. The highest BCUT2D eigenvalue weighted by atomic mass is 16.5. The van der Waals surface area contributed by atoms with E-state index in [2.05, 4.69) is 14.9 Å². The molecule has 2 heterocycles. The normalized spacial score (nSPS) is 20.7. The fourth-order valence-electron chi connectivity index (χ4n) is 2.33. The van der Waals surface area contributed by atoms with Gasteiger partial charge in [-0.3, -0.25) is 0 Å². The maximum atomic E-state index is 10.1. The van der Waals surface area contributed by atoms with E-state index in [-0.39, 0.29) is 6.04 Å². The lowest BCUT2D eigenvalue weighted by Crippen LogP contribution is -2.46. The monoisotopic (exact) mass is 237 g/mol. The fourth-order valence-corrected chi connectivity index (χ4v) is 2.33. The molecule has 1 saturated heterocycles. The van der Waals surface area contributed by atoms with Crippen molar-refractivity contribution in [3.63, 3.8) is 0 Å². The van der Waals surface area contributed by atoms with Crippen molar-refractivity contribution in [1.29, 1.82) is 0 Å². The minimum Gasteiger partial charge on any atom is -0.481 e. The van der Waals surface area contributed by atoms with Gasteiger partial charge in [-0.2, -0.15) is 4.98 Å². The van der Waals surface area contributed by atoms with Crippen LogP contribution < -0.4 is 9.64 Å². The van der Waals surface area contributed by atoms with Gasteiger partial charge in [0.1, 0.15) is 0 Å². The number of hydrogen-bond donors (Lipinski definition) is 1. The molecular formula is C12H19N3O2. The quantitative estimate of drug-likeness (QED) is 0.856. The Kier molecular flexibility index (Phi) is 3.19. The summed E-state index contributed by atoms with van der Waals surface area (Å²) in [5.41, 5.74) is -0.747. The molecule has 1 aliphatic rings. The largest absolute Gasteiger partial charge is 0.481 e. The van der Waals surface area contributed by atoms with Crippen LogP contribution in [0.15, 0.2) is 12.3 Å². The van der Waals surface area contributed by atoms with Crippen molar-refractivity contribution in [3.05, 3.63) is 12.3 Å². The number of methoxy groups -OCH3 is 1. The van der Waals surface area contributed by atoms with Gasteiger partial charge in [0, 0.05) is 18.8 Å². The van der Waals surface area contributed by atoms with Crippen LogP contribution in [0.5, 0.6) is 5.88 Å². The molecule has 1 N–H and O–H groups in total. The van der Waals surface area contributed by atoms with E-state index >= 15 is 0 Å². The van der Waals surface area contributed by atoms with Gasteiger partial charge in [0.05, 0.1) is 18.8 Å². The highest BCUT2D eigenvalue weighted by Gasteiger charge is 2.37. The van der Waals surface area contributed by atoms with Crippen molar-refractivity contribution in [3.8, 4) is 5.88 Å². The number of anilines is 1. The van der Waals surface area contributed by atoms with Crippen LogP contribution in [0.4, 0.5) is 5.95 Å². The molecule has 0 amide bonds. The Morgan fingerprint density at radius 1 is 1.53 bits per heavy atom. The van der Waals surface area contributed by atoms with Gasteiger partial charge >= 0.3 is 0 Å². The summed E-state index contributed by atoms with van der Waals surface area (Å²) in [6, 6.07) is 1.79. The second kappa shape index (κ2) is 4.49. The first-order valence-electron chi connectivity index (χ1n) is 5.88. The molecule has 17 heavy (non-hydrogen) atoms. The van der Waals surface area contributed by atoms with Gasteiger partial charge in [-0.15, -0.1) is 0 Å². The van der Waals surface area contributed by atoms with Gasteiger partial charge in [0.2, 0.25) is 11.8 Å². The molecule has 0 aromatic carbocycles. The van der Waals surface area contributed by atoms with Crippen molar-refractivity contribution in [2.24, 2.45) is 0 Å². The maximum absolute atomic E-state index is 10.1. The maximum Gasteiger partial charge on any atom is 0.228 e. The summed E-state index contributed by atoms with van der Waals surface area (Å²) in [6.45, 7) is 4.54. The zero-order valence-corrected chi connectivity index (χ0v) is 10.6. The Morgan fingerprint density at radius 3 is 2.94 bits per heavy atom. The van der Waals surface area contributed by atoms with Gasteiger partial charge in [-0.1, -0.05) is 0 Å². The Morgan fingerprint density at radius 2 is 2.29 bits per heavy atom. The molecule has 0 aliphatic carbocycles. The Balaban J connectivity index is 2.26. The van der Waals surface area contributed by atoms with E-state index in [1.165, 1.54) is 0 Å². The molecule has 1 atom stereocenters. The SMILES string of the molecule is COc1ccnc(N2CCC[C@@H]2C(C)(C)O)n1. The first kappa shape index (κ1) is 12.1. The fraction of sp³-hybridized carbons (Fsp3) is 0.667. The lowest BCUT2D eigenvalue weighted by molar-refractivity contribution is 0.0530. The van der Waals surface area contributed by atoms with E-state index < -0.39 is 5.60 Å². The third-order valence-electron chi connectivity index (χ3n) is 3.15. The van der Waals surface area contributed by atoms with Crippen molar-refractivity contribution >= 4 is 5.95 Å². The minimum absolute atomic E-state index is 0.0645. The summed E-state index contributed by atoms with van der Waals surface area (Å²) in [5.74, 6) is 1.19. The molecule has 1 aromatic heterocycles. The molecule has 2 rings (SSSR count). The van der Waals surface area contributed by atoms with E-state index in [1.54, 1.807) is 19.4 Å². The van der Waals surface area contributed by atoms with Crippen molar-refractivity contribution in [2.75, 3.05) is 18.6 Å². The van der Waals surface area contributed by atoms with Crippen LogP contribution in [0.25, 0.3) is 0 Å². The smallest absolute Gasteiger partial charge is 0.228 e. The molecule has 0 spiro atoms. The number of nitrogens with zero attached hydrogens (tertiary/aromatic N) is 3. The zero-order valence-electron chi connectivity index (χ0n) is 10.6. The van der Waals surface area contributed by atoms with Gasteiger partial charge in [0.25, 0.3) is 0 Å². The highest BCUT2D eigenvalue weighted by Crippen LogP contribution is 2.30. The topological polar surface area (TPSA) is 58.5 Å². The predicted octanol–water partition coefficient (Wildman–Crippen LogP) is 1.22.